The first-order chi connectivity index (χ1) is 17.5. The number of aliphatic imine (C=N–C) groups is 1. The van der Waals surface area contributed by atoms with E-state index < -0.39 is 5.91 Å². The number of hydrogen-bond donors (Lipinski definition) is 1. The van der Waals surface area contributed by atoms with E-state index in [0.29, 0.717) is 48.7 Å². The minimum absolute atomic E-state index is 0.0583. The van der Waals surface area contributed by atoms with Gasteiger partial charge in [0.25, 0.3) is 5.91 Å². The molecule has 1 fully saturated rings. The van der Waals surface area contributed by atoms with Crippen molar-refractivity contribution < 1.29 is 19.1 Å². The molecule has 3 aliphatic rings. The van der Waals surface area contributed by atoms with Gasteiger partial charge in [-0.1, -0.05) is 35.9 Å². The second-order valence-corrected chi connectivity index (χ2v) is 9.64. The average molecular weight is 524 g/mol. The number of carbonyl (C=O) groups excluding carboxylic acids is 2. The molecule has 2 aromatic carbocycles. The number of hydrazone groups is 1. The first-order valence-corrected chi connectivity index (χ1v) is 12.5. The quantitative estimate of drug-likeness (QED) is 0.577. The van der Waals surface area contributed by atoms with Crippen molar-refractivity contribution in [3.05, 3.63) is 70.3 Å². The molecule has 3 heterocycles. The monoisotopic (exact) mass is 523 g/mol. The Kier molecular flexibility index (Phi) is 7.17. The number of fused-ring (bicyclic) bond motifs is 1. The van der Waals surface area contributed by atoms with Crippen LogP contribution in [0.25, 0.3) is 6.08 Å². The number of ether oxygens (including phenoxy) is 2. The summed E-state index contributed by atoms with van der Waals surface area (Å²) in [5.74, 6) is 0.0247. The third-order valence-corrected chi connectivity index (χ3v) is 6.83. The van der Waals surface area contributed by atoms with Crippen LogP contribution in [-0.2, 0) is 20.9 Å². The standard InChI is InChI=1S/C25H22ClN5O4S/c26-18-5-1-17(2-6-18)15-35-19-7-3-16(4-8-19)13-20-23(27)31-25(28-24(20)33)36-21(29-31)14-22(32)30-9-11-34-12-10-30/h1-8,13,27H,9-12,14-15H2. The SMILES string of the molecule is N=C1C(=Cc2ccc(OCc3ccc(Cl)cc3)cc2)C(=O)N=C2SC(CC(=O)N3CCOCC3)=NN12. The maximum absolute atomic E-state index is 12.7. The lowest BCUT2D eigenvalue weighted by molar-refractivity contribution is -0.133. The van der Waals surface area contributed by atoms with E-state index in [-0.39, 0.29) is 28.9 Å². The van der Waals surface area contributed by atoms with Crippen LogP contribution in [0.15, 0.2) is 64.2 Å². The van der Waals surface area contributed by atoms with Crippen LogP contribution in [0, 0.1) is 5.41 Å². The second-order valence-electron chi connectivity index (χ2n) is 8.17. The van der Waals surface area contributed by atoms with Crippen LogP contribution in [0.4, 0.5) is 0 Å². The fourth-order valence-corrected chi connectivity index (χ4v) is 4.73. The van der Waals surface area contributed by atoms with Crippen LogP contribution in [0.2, 0.25) is 5.02 Å². The first kappa shape index (κ1) is 24.2. The van der Waals surface area contributed by atoms with Gasteiger partial charge in [-0.3, -0.25) is 15.0 Å². The van der Waals surface area contributed by atoms with Gasteiger partial charge in [-0.25, -0.2) is 0 Å². The molecule has 184 valence electrons. The molecule has 9 nitrogen and oxygen atoms in total. The molecule has 36 heavy (non-hydrogen) atoms. The van der Waals surface area contributed by atoms with Crippen molar-refractivity contribution in [3.8, 4) is 5.75 Å². The zero-order chi connectivity index (χ0) is 25.1. The Morgan fingerprint density at radius 2 is 1.86 bits per heavy atom. The summed E-state index contributed by atoms with van der Waals surface area (Å²) in [6.07, 6.45) is 1.70. The molecular formula is C25H22ClN5O4S. The number of amidine groups is 2. The Balaban J connectivity index is 1.24. The van der Waals surface area contributed by atoms with Crippen molar-refractivity contribution >= 4 is 57.3 Å². The fourth-order valence-electron chi connectivity index (χ4n) is 3.73. The number of carbonyl (C=O) groups is 2. The minimum Gasteiger partial charge on any atom is -0.489 e. The second kappa shape index (κ2) is 10.7. The Bertz CT molecular complexity index is 1280. The summed E-state index contributed by atoms with van der Waals surface area (Å²) in [6, 6.07) is 14.6. The van der Waals surface area contributed by atoms with E-state index in [4.69, 9.17) is 26.5 Å². The Hall–Kier alpha value is -3.47. The van der Waals surface area contributed by atoms with Gasteiger partial charge in [-0.15, -0.1) is 0 Å². The number of benzene rings is 2. The summed E-state index contributed by atoms with van der Waals surface area (Å²) in [5, 5.41) is 15.7. The molecule has 1 N–H and O–H groups in total. The van der Waals surface area contributed by atoms with Crippen molar-refractivity contribution in [1.29, 1.82) is 5.41 Å². The van der Waals surface area contributed by atoms with E-state index in [1.807, 2.05) is 24.3 Å². The van der Waals surface area contributed by atoms with Gasteiger partial charge >= 0.3 is 0 Å². The lowest BCUT2D eigenvalue weighted by atomic mass is 10.1. The normalized spacial score (nSPS) is 18.8. The highest BCUT2D eigenvalue weighted by Gasteiger charge is 2.36. The summed E-state index contributed by atoms with van der Waals surface area (Å²) < 4.78 is 11.1. The predicted octanol–water partition coefficient (Wildman–Crippen LogP) is 3.79. The molecule has 11 heteroatoms. The van der Waals surface area contributed by atoms with E-state index >= 15 is 0 Å². The molecular weight excluding hydrogens is 502 g/mol. The molecule has 0 bridgehead atoms. The van der Waals surface area contributed by atoms with E-state index in [1.54, 1.807) is 35.2 Å². The maximum atomic E-state index is 12.7. The number of halogens is 1. The topological polar surface area (TPSA) is 108 Å². The largest absolute Gasteiger partial charge is 0.489 e. The number of rotatable bonds is 6. The first-order valence-electron chi connectivity index (χ1n) is 11.3. The van der Waals surface area contributed by atoms with Crippen LogP contribution in [0.3, 0.4) is 0 Å². The highest BCUT2D eigenvalue weighted by molar-refractivity contribution is 8.27. The van der Waals surface area contributed by atoms with Crippen molar-refractivity contribution in [2.24, 2.45) is 10.1 Å². The summed E-state index contributed by atoms with van der Waals surface area (Å²) >= 11 is 7.05. The molecule has 1 saturated heterocycles. The smallest absolute Gasteiger partial charge is 0.283 e. The third-order valence-electron chi connectivity index (χ3n) is 5.67. The average Bonchev–Trinajstić information content (AvgIpc) is 3.29. The number of amides is 2. The van der Waals surface area contributed by atoms with Gasteiger partial charge < -0.3 is 14.4 Å². The van der Waals surface area contributed by atoms with Gasteiger partial charge in [-0.05, 0) is 53.2 Å². The highest BCUT2D eigenvalue weighted by Crippen LogP contribution is 2.30. The summed E-state index contributed by atoms with van der Waals surface area (Å²) in [5.41, 5.74) is 1.84. The van der Waals surface area contributed by atoms with Crippen LogP contribution >= 0.6 is 23.4 Å². The Morgan fingerprint density at radius 1 is 1.14 bits per heavy atom. The fraction of sp³-hybridized carbons (Fsp3) is 0.240. The lowest BCUT2D eigenvalue weighted by Crippen LogP contribution is -2.41. The van der Waals surface area contributed by atoms with Crippen LogP contribution in [0.5, 0.6) is 5.75 Å². The van der Waals surface area contributed by atoms with Crippen molar-refractivity contribution in [2.45, 2.75) is 13.0 Å². The molecule has 0 aromatic heterocycles. The minimum atomic E-state index is -0.516. The molecule has 0 saturated carbocycles. The van der Waals surface area contributed by atoms with E-state index in [1.165, 1.54) is 5.01 Å². The van der Waals surface area contributed by atoms with E-state index in [2.05, 4.69) is 10.1 Å². The zero-order valence-electron chi connectivity index (χ0n) is 19.1. The predicted molar refractivity (Wildman–Crippen MR) is 139 cm³/mol. The summed E-state index contributed by atoms with van der Waals surface area (Å²) in [6.45, 7) is 2.54. The maximum Gasteiger partial charge on any atom is 0.283 e. The highest BCUT2D eigenvalue weighted by atomic mass is 35.5. The van der Waals surface area contributed by atoms with Crippen LogP contribution in [0.1, 0.15) is 17.5 Å². The van der Waals surface area contributed by atoms with Crippen molar-refractivity contribution in [3.63, 3.8) is 0 Å². The van der Waals surface area contributed by atoms with Crippen molar-refractivity contribution in [1.82, 2.24) is 9.91 Å². The van der Waals surface area contributed by atoms with Crippen molar-refractivity contribution in [2.75, 3.05) is 26.3 Å². The molecule has 0 spiro atoms. The molecule has 0 aliphatic carbocycles. The van der Waals surface area contributed by atoms with Crippen LogP contribution in [-0.4, -0.2) is 64.1 Å². The number of nitrogens with one attached hydrogen (secondary N) is 1. The molecule has 2 amide bonds. The molecule has 0 atom stereocenters. The van der Waals surface area contributed by atoms with E-state index in [9.17, 15) is 9.59 Å². The number of nitrogens with zero attached hydrogens (tertiary/aromatic N) is 4. The summed E-state index contributed by atoms with van der Waals surface area (Å²) in [4.78, 5) is 31.0. The molecule has 2 aromatic rings. The summed E-state index contributed by atoms with van der Waals surface area (Å²) in [7, 11) is 0. The van der Waals surface area contributed by atoms with Gasteiger partial charge in [0.15, 0.2) is 5.84 Å². The van der Waals surface area contributed by atoms with Gasteiger partial charge in [0.2, 0.25) is 11.1 Å². The number of thioether (sulfide) groups is 1. The Morgan fingerprint density at radius 3 is 2.58 bits per heavy atom. The molecule has 3 aliphatic heterocycles. The van der Waals surface area contributed by atoms with Gasteiger partial charge in [0.05, 0.1) is 25.2 Å². The number of hydrogen-bond acceptors (Lipinski definition) is 7. The molecule has 5 rings (SSSR count). The van der Waals surface area contributed by atoms with Gasteiger partial charge in [0.1, 0.15) is 17.4 Å². The molecule has 0 unspecified atom stereocenters. The zero-order valence-corrected chi connectivity index (χ0v) is 20.7. The Labute approximate surface area is 216 Å². The van der Waals surface area contributed by atoms with E-state index in [0.717, 1.165) is 22.9 Å². The van der Waals surface area contributed by atoms with Gasteiger partial charge in [-0.2, -0.15) is 15.1 Å². The molecule has 0 radical (unpaired) electrons. The number of morpholine rings is 1. The third kappa shape index (κ3) is 5.51. The van der Waals surface area contributed by atoms with Crippen LogP contribution < -0.4 is 4.74 Å². The lowest BCUT2D eigenvalue weighted by Gasteiger charge is -2.26. The van der Waals surface area contributed by atoms with Gasteiger partial charge in [0, 0.05) is 18.1 Å².